The van der Waals surface area contributed by atoms with Gasteiger partial charge < -0.3 is 10.1 Å². The van der Waals surface area contributed by atoms with E-state index >= 15 is 0 Å². The lowest BCUT2D eigenvalue weighted by atomic mass is 10.1. The summed E-state index contributed by atoms with van der Waals surface area (Å²) in [5.41, 5.74) is 1.67. The molecule has 0 fully saturated rings. The first-order chi connectivity index (χ1) is 15.6. The summed E-state index contributed by atoms with van der Waals surface area (Å²) in [7, 11) is -3.82. The lowest BCUT2D eigenvalue weighted by Gasteiger charge is -2.14. The second-order valence-corrected chi connectivity index (χ2v) is 8.98. The Kier molecular flexibility index (Phi) is 7.33. The number of aryl methyl sites for hydroxylation is 1. The number of halogens is 2. The number of hydrogen-bond acceptors (Lipinski definition) is 5. The summed E-state index contributed by atoms with van der Waals surface area (Å²) in [6, 6.07) is 15.1. The van der Waals surface area contributed by atoms with E-state index < -0.39 is 15.8 Å². The lowest BCUT2D eigenvalue weighted by Crippen LogP contribution is -2.15. The highest BCUT2D eigenvalue weighted by Crippen LogP contribution is 2.35. The first kappa shape index (κ1) is 24.2. The van der Waals surface area contributed by atoms with Gasteiger partial charge in [-0.2, -0.15) is 5.26 Å². The molecule has 1 amide bonds. The van der Waals surface area contributed by atoms with Crippen LogP contribution in [-0.4, -0.2) is 14.3 Å². The number of benzene rings is 3. The molecule has 7 nitrogen and oxygen atoms in total. The predicted molar refractivity (Wildman–Crippen MR) is 122 cm³/mol. The molecular weight excluding hydrogens is 469 g/mol. The highest BCUT2D eigenvalue weighted by atomic mass is 35.5. The van der Waals surface area contributed by atoms with Crippen molar-refractivity contribution >= 4 is 33.2 Å². The van der Waals surface area contributed by atoms with Crippen molar-refractivity contribution in [3.05, 3.63) is 82.1 Å². The van der Waals surface area contributed by atoms with Crippen molar-refractivity contribution in [3.8, 4) is 17.6 Å². The van der Waals surface area contributed by atoms with Crippen LogP contribution < -0.4 is 15.2 Å². The van der Waals surface area contributed by atoms with Crippen LogP contribution in [0.1, 0.15) is 23.6 Å². The molecule has 170 valence electrons. The molecule has 3 aromatic rings. The van der Waals surface area contributed by atoms with Crippen molar-refractivity contribution in [2.75, 3.05) is 5.32 Å². The lowest BCUT2D eigenvalue weighted by molar-refractivity contribution is -0.115. The molecule has 0 spiro atoms. The largest absolute Gasteiger partial charge is 0.455 e. The molecule has 0 saturated heterocycles. The number of carbonyl (C=O) groups is 1. The second-order valence-electron chi connectivity index (χ2n) is 7.04. The molecule has 33 heavy (non-hydrogen) atoms. The first-order valence-corrected chi connectivity index (χ1v) is 11.6. The molecule has 3 rings (SSSR count). The van der Waals surface area contributed by atoms with Crippen molar-refractivity contribution in [1.29, 1.82) is 5.26 Å². The summed E-state index contributed by atoms with van der Waals surface area (Å²) in [6.07, 6.45) is 0.626. The molecule has 0 saturated carbocycles. The van der Waals surface area contributed by atoms with E-state index in [2.05, 4.69) is 5.32 Å². The maximum atomic E-state index is 14.2. The van der Waals surface area contributed by atoms with Gasteiger partial charge in [0.25, 0.3) is 0 Å². The Balaban J connectivity index is 1.77. The Morgan fingerprint density at radius 3 is 2.45 bits per heavy atom. The Morgan fingerprint density at radius 2 is 1.85 bits per heavy atom. The number of ether oxygens (including phenoxy) is 1. The van der Waals surface area contributed by atoms with Gasteiger partial charge in [0.2, 0.25) is 15.9 Å². The van der Waals surface area contributed by atoms with Gasteiger partial charge in [-0.1, -0.05) is 30.7 Å². The quantitative estimate of drug-likeness (QED) is 0.506. The number of sulfonamides is 1. The molecule has 10 heteroatoms. The Hall–Kier alpha value is -3.45. The average molecular weight is 488 g/mol. The van der Waals surface area contributed by atoms with E-state index in [1.165, 1.54) is 36.4 Å². The van der Waals surface area contributed by atoms with Gasteiger partial charge in [-0.25, -0.2) is 17.9 Å². The molecule has 0 aliphatic carbocycles. The number of nitrogens with one attached hydrogen (secondary N) is 1. The molecule has 3 aromatic carbocycles. The Bertz CT molecular complexity index is 1350. The van der Waals surface area contributed by atoms with Crippen LogP contribution in [0, 0.1) is 17.1 Å². The van der Waals surface area contributed by atoms with E-state index in [0.717, 1.165) is 5.56 Å². The highest BCUT2D eigenvalue weighted by molar-refractivity contribution is 7.89. The number of nitriles is 1. The topological polar surface area (TPSA) is 122 Å². The van der Waals surface area contributed by atoms with Crippen LogP contribution in [0.25, 0.3) is 0 Å². The van der Waals surface area contributed by atoms with Crippen LogP contribution in [-0.2, 0) is 27.7 Å². The van der Waals surface area contributed by atoms with Gasteiger partial charge in [0.1, 0.15) is 22.6 Å². The Labute approximate surface area is 195 Å². The molecular formula is C23H19ClFN3O4S. The summed E-state index contributed by atoms with van der Waals surface area (Å²) in [5, 5.41) is 16.4. The zero-order chi connectivity index (χ0) is 24.2. The third kappa shape index (κ3) is 5.87. The number of carbonyl (C=O) groups excluding carboxylic acids is 1. The fourth-order valence-electron chi connectivity index (χ4n) is 3.03. The van der Waals surface area contributed by atoms with Crippen molar-refractivity contribution in [2.24, 2.45) is 5.14 Å². The van der Waals surface area contributed by atoms with Crippen LogP contribution in [0.3, 0.4) is 0 Å². The number of anilines is 1. The van der Waals surface area contributed by atoms with E-state index in [-0.39, 0.29) is 33.6 Å². The SMILES string of the molecule is CCc1ccc(CC(=O)Nc2ccc(S(N)(=O)=O)cc2)cc1Oc1ccc(C#N)c(F)c1Cl. The van der Waals surface area contributed by atoms with Crippen molar-refractivity contribution < 1.29 is 22.3 Å². The first-order valence-electron chi connectivity index (χ1n) is 9.72. The van der Waals surface area contributed by atoms with Gasteiger partial charge >= 0.3 is 0 Å². The van der Waals surface area contributed by atoms with E-state index in [1.54, 1.807) is 24.3 Å². The van der Waals surface area contributed by atoms with Gasteiger partial charge in [-0.3, -0.25) is 4.79 Å². The molecule has 0 aliphatic rings. The molecule has 0 unspecified atom stereocenters. The van der Waals surface area contributed by atoms with E-state index in [0.29, 0.717) is 23.4 Å². The maximum Gasteiger partial charge on any atom is 0.238 e. The average Bonchev–Trinajstić information content (AvgIpc) is 2.77. The summed E-state index contributed by atoms with van der Waals surface area (Å²) in [6.45, 7) is 1.92. The standard InChI is InChI=1S/C23H19ClFN3O4S/c1-2-15-4-3-14(11-20(15)32-19-10-5-16(13-26)23(25)22(19)24)12-21(29)28-17-6-8-18(9-7-17)33(27,30)31/h3-11H,2,12H2,1H3,(H,28,29)(H2,27,30,31). The fourth-order valence-corrected chi connectivity index (χ4v) is 3.75. The minimum absolute atomic E-state index is 0.00670. The van der Waals surface area contributed by atoms with Gasteiger partial charge in [0.15, 0.2) is 5.82 Å². The van der Waals surface area contributed by atoms with E-state index in [1.807, 2.05) is 6.92 Å². The maximum absolute atomic E-state index is 14.2. The molecule has 0 aromatic heterocycles. The second kappa shape index (κ2) is 10.0. The highest BCUT2D eigenvalue weighted by Gasteiger charge is 2.16. The number of nitrogens with two attached hydrogens (primary N) is 1. The van der Waals surface area contributed by atoms with E-state index in [9.17, 15) is 17.6 Å². The van der Waals surface area contributed by atoms with Crippen LogP contribution in [0.5, 0.6) is 11.5 Å². The van der Waals surface area contributed by atoms with Crippen LogP contribution in [0.4, 0.5) is 10.1 Å². The summed E-state index contributed by atoms with van der Waals surface area (Å²) >= 11 is 6.02. The van der Waals surface area contributed by atoms with E-state index in [4.69, 9.17) is 26.7 Å². The fraction of sp³-hybridized carbons (Fsp3) is 0.130. The number of nitrogens with zero attached hydrogens (tertiary/aromatic N) is 1. The van der Waals surface area contributed by atoms with Crippen LogP contribution in [0.2, 0.25) is 5.02 Å². The van der Waals surface area contributed by atoms with Crippen molar-refractivity contribution in [1.82, 2.24) is 0 Å². The van der Waals surface area contributed by atoms with Crippen molar-refractivity contribution in [2.45, 2.75) is 24.7 Å². The third-order valence-corrected chi connectivity index (χ3v) is 6.01. The van der Waals surface area contributed by atoms with Gasteiger partial charge in [-0.05, 0) is 60.0 Å². The van der Waals surface area contributed by atoms with Crippen LogP contribution in [0.15, 0.2) is 59.5 Å². The van der Waals surface area contributed by atoms with Crippen LogP contribution >= 0.6 is 11.6 Å². The smallest absolute Gasteiger partial charge is 0.238 e. The Morgan fingerprint density at radius 1 is 1.15 bits per heavy atom. The third-order valence-electron chi connectivity index (χ3n) is 4.73. The monoisotopic (exact) mass is 487 g/mol. The van der Waals surface area contributed by atoms with Gasteiger partial charge in [0.05, 0.1) is 16.9 Å². The number of amides is 1. The minimum Gasteiger partial charge on any atom is -0.455 e. The predicted octanol–water partition coefficient (Wildman–Crippen LogP) is 4.53. The molecule has 0 heterocycles. The summed E-state index contributed by atoms with van der Waals surface area (Å²) < 4.78 is 42.6. The molecule has 0 atom stereocenters. The summed E-state index contributed by atoms with van der Waals surface area (Å²) in [4.78, 5) is 12.4. The molecule has 3 N–H and O–H groups in total. The number of primary sulfonamides is 1. The zero-order valence-corrected chi connectivity index (χ0v) is 19.0. The molecule has 0 aliphatic heterocycles. The number of hydrogen-bond donors (Lipinski definition) is 2. The minimum atomic E-state index is -3.82. The zero-order valence-electron chi connectivity index (χ0n) is 17.4. The van der Waals surface area contributed by atoms with Gasteiger partial charge in [0, 0.05) is 5.69 Å². The van der Waals surface area contributed by atoms with Gasteiger partial charge in [-0.15, -0.1) is 0 Å². The van der Waals surface area contributed by atoms with Crippen molar-refractivity contribution in [3.63, 3.8) is 0 Å². The normalized spacial score (nSPS) is 11.0. The number of rotatable bonds is 7. The molecule has 0 radical (unpaired) electrons. The molecule has 0 bridgehead atoms. The summed E-state index contributed by atoms with van der Waals surface area (Å²) in [5.74, 6) is -0.736.